The quantitative estimate of drug-likeness (QED) is 0.554. The van der Waals surface area contributed by atoms with E-state index in [1.165, 1.54) is 11.8 Å². The largest absolute Gasteiger partial charge is 0.250 e. The zero-order valence-corrected chi connectivity index (χ0v) is 9.47. The van der Waals surface area contributed by atoms with Crippen molar-refractivity contribution in [3.05, 3.63) is 0 Å². The second-order valence-corrected chi connectivity index (χ2v) is 10.6. The van der Waals surface area contributed by atoms with Crippen molar-refractivity contribution >= 4 is 19.5 Å². The summed E-state index contributed by atoms with van der Waals surface area (Å²) in [6, 6.07) is 1.50. The average molecular weight is 164 g/mol. The maximum Gasteiger partial charge on any atom is 0.0295 e. The Bertz CT molecular complexity index is 71.3. The maximum atomic E-state index is 2.47. The molecule has 58 valence electrons. The molecule has 0 aliphatic rings. The first-order valence-electron chi connectivity index (χ1n) is 3.81. The van der Waals surface area contributed by atoms with Crippen LogP contribution in [-0.2, 0) is 0 Å². The zero-order valence-electron chi connectivity index (χ0n) is 7.24. The van der Waals surface area contributed by atoms with Gasteiger partial charge in [0.25, 0.3) is 0 Å². The Morgan fingerprint density at radius 2 is 1.78 bits per heavy atom. The lowest BCUT2D eigenvalue weighted by atomic mass is 11.0. The molecule has 0 bridgehead atoms. The fourth-order valence-electron chi connectivity index (χ4n) is 0.679. The van der Waals surface area contributed by atoms with Crippen LogP contribution in [0.25, 0.3) is 0 Å². The van der Waals surface area contributed by atoms with Gasteiger partial charge < -0.3 is 0 Å². The third-order valence-corrected chi connectivity index (χ3v) is 9.68. The van der Waals surface area contributed by atoms with E-state index in [0.29, 0.717) is 9.52 Å². The molecule has 9 heavy (non-hydrogen) atoms. The van der Waals surface area contributed by atoms with Crippen molar-refractivity contribution in [1.29, 1.82) is 0 Å². The molecule has 0 aromatic carbocycles. The summed E-state index contributed by atoms with van der Waals surface area (Å²) in [5.41, 5.74) is 0. The molecule has 0 unspecified atom stereocenters. The lowest BCUT2D eigenvalue weighted by molar-refractivity contribution is 1.44. The van der Waals surface area contributed by atoms with Gasteiger partial charge in [0.15, 0.2) is 0 Å². The molecule has 0 aliphatic carbocycles. The minimum absolute atomic E-state index is 0.120. The molecule has 0 rings (SSSR count). The monoisotopic (exact) mass is 164 g/mol. The molecule has 2 heteroatoms. The Kier molecular flexibility index (Phi) is 4.67. The Balaban J connectivity index is 3.33. The molecule has 0 radical (unpaired) electrons. The smallest absolute Gasteiger partial charge is 0.0295 e. The van der Waals surface area contributed by atoms with Crippen molar-refractivity contribution in [3.63, 3.8) is 0 Å². The normalized spacial score (nSPS) is 15.1. The van der Waals surface area contributed by atoms with E-state index >= 15 is 0 Å². The summed E-state index contributed by atoms with van der Waals surface area (Å²) >= 11 is 0. The molecule has 0 aromatic rings. The van der Waals surface area contributed by atoms with Crippen LogP contribution in [0, 0.1) is 0 Å². The molecule has 0 aliphatic heterocycles. The van der Waals surface area contributed by atoms with Crippen LogP contribution in [-0.4, -0.2) is 33.2 Å². The first-order chi connectivity index (χ1) is 4.12. The molecule has 0 nitrogen and oxygen atoms in total. The van der Waals surface area contributed by atoms with Crippen LogP contribution in [0.15, 0.2) is 0 Å². The lowest BCUT2D eigenvalue weighted by Crippen LogP contribution is -2.09. The highest BCUT2D eigenvalue weighted by atomic mass is 32.3. The van der Waals surface area contributed by atoms with Gasteiger partial charge in [-0.25, -0.2) is 0 Å². The fourth-order valence-corrected chi connectivity index (χ4v) is 6.11. The Labute approximate surface area is 63.6 Å². The van der Waals surface area contributed by atoms with Crippen molar-refractivity contribution < 1.29 is 0 Å². The number of hydrogen-bond acceptors (Lipinski definition) is 0. The van der Waals surface area contributed by atoms with E-state index in [-0.39, 0.29) is 10.0 Å². The van der Waals surface area contributed by atoms with Gasteiger partial charge in [-0.2, -0.15) is 0 Å². The van der Waals surface area contributed by atoms with Gasteiger partial charge in [-0.3, -0.25) is 10.0 Å². The summed E-state index contributed by atoms with van der Waals surface area (Å²) in [7, 11) is 0.224. The molecule has 0 atom stereocenters. The third kappa shape index (κ3) is 5.03. The summed E-state index contributed by atoms with van der Waals surface area (Å²) in [6.07, 6.45) is 4.94. The molecule has 0 N–H and O–H groups in total. The molecule has 0 spiro atoms. The molecule has 0 aromatic heterocycles. The van der Waals surface area contributed by atoms with Gasteiger partial charge in [0.1, 0.15) is 0 Å². The third-order valence-electron chi connectivity index (χ3n) is 1.83. The molecule has 0 saturated carbocycles. The van der Waals surface area contributed by atoms with Gasteiger partial charge in [-0.05, 0) is 23.6 Å². The van der Waals surface area contributed by atoms with Crippen molar-refractivity contribution in [2.75, 3.05) is 23.6 Å². The topological polar surface area (TPSA) is 0 Å². The maximum absolute atomic E-state index is 2.47. The van der Waals surface area contributed by atoms with Crippen molar-refractivity contribution in [3.8, 4) is 0 Å². The van der Waals surface area contributed by atoms with Crippen LogP contribution in [0.5, 0.6) is 0 Å². The summed E-state index contributed by atoms with van der Waals surface area (Å²) in [5.74, 6) is 1.43. The highest BCUT2D eigenvalue weighted by Crippen LogP contribution is 2.37. The second kappa shape index (κ2) is 4.39. The Hall–Kier alpha value is 0.567. The van der Waals surface area contributed by atoms with Crippen molar-refractivity contribution in [2.24, 2.45) is 0 Å². The average Bonchev–Trinajstić information content (AvgIpc) is 1.84. The van der Waals surface area contributed by atoms with Gasteiger partial charge in [0.05, 0.1) is 0 Å². The Morgan fingerprint density at radius 1 is 1.22 bits per heavy atom. The predicted molar refractivity (Wildman–Crippen MR) is 53.9 cm³/mol. The van der Waals surface area contributed by atoms with Crippen LogP contribution in [0.3, 0.4) is 0 Å². The van der Waals surface area contributed by atoms with Gasteiger partial charge in [-0.15, -0.1) is 0 Å². The van der Waals surface area contributed by atoms with Crippen LogP contribution >= 0.6 is 10.0 Å². The summed E-state index contributed by atoms with van der Waals surface area (Å²) in [4.78, 5) is 0. The molecule has 0 fully saturated rings. The highest BCUT2D eigenvalue weighted by Gasteiger charge is 2.06. The number of hydrogen-bond donors (Lipinski definition) is 0. The van der Waals surface area contributed by atoms with E-state index in [1.807, 2.05) is 0 Å². The zero-order chi connectivity index (χ0) is 7.33. The van der Waals surface area contributed by atoms with Gasteiger partial charge in [0, 0.05) is 9.52 Å². The van der Waals surface area contributed by atoms with Crippen molar-refractivity contribution in [1.82, 2.24) is 0 Å². The highest BCUT2D eigenvalue weighted by molar-refractivity contribution is 8.33. The molecular weight excluding hydrogens is 144 g/mol. The van der Waals surface area contributed by atoms with Crippen LogP contribution in [0.1, 0.15) is 13.8 Å². The Morgan fingerprint density at radius 3 is 2.11 bits per heavy atom. The van der Waals surface area contributed by atoms with Crippen molar-refractivity contribution in [2.45, 2.75) is 19.9 Å². The fraction of sp³-hybridized carbons (Fsp3) is 1.00. The molecular formula is C7H20SSi. The van der Waals surface area contributed by atoms with E-state index in [9.17, 15) is 0 Å². The standard InChI is InChI=1S/C7H20SSi/c1-5-8(3,4)7-9-6-2/h5-7,9H2,1-4H3. The van der Waals surface area contributed by atoms with E-state index in [0.717, 1.165) is 0 Å². The van der Waals surface area contributed by atoms with E-state index < -0.39 is 0 Å². The summed E-state index contributed by atoms with van der Waals surface area (Å²) in [5, 5.41) is 1.61. The van der Waals surface area contributed by atoms with Gasteiger partial charge >= 0.3 is 0 Å². The van der Waals surface area contributed by atoms with Gasteiger partial charge in [-0.1, -0.05) is 19.9 Å². The SMILES string of the molecule is CC[SiH2]CS(C)(C)CC. The second-order valence-electron chi connectivity index (χ2n) is 3.11. The number of rotatable bonds is 4. The summed E-state index contributed by atoms with van der Waals surface area (Å²) in [6.45, 7) is 4.66. The van der Waals surface area contributed by atoms with E-state index in [2.05, 4.69) is 26.4 Å². The van der Waals surface area contributed by atoms with Crippen LogP contribution in [0.2, 0.25) is 6.04 Å². The summed E-state index contributed by atoms with van der Waals surface area (Å²) < 4.78 is 0. The first kappa shape index (κ1) is 9.57. The molecule has 0 heterocycles. The van der Waals surface area contributed by atoms with Gasteiger partial charge in [0.2, 0.25) is 0 Å². The minimum Gasteiger partial charge on any atom is -0.250 e. The van der Waals surface area contributed by atoms with Crippen LogP contribution in [0.4, 0.5) is 0 Å². The lowest BCUT2D eigenvalue weighted by Gasteiger charge is -2.28. The van der Waals surface area contributed by atoms with Crippen LogP contribution < -0.4 is 0 Å². The van der Waals surface area contributed by atoms with E-state index in [1.54, 1.807) is 5.38 Å². The minimum atomic E-state index is -0.120. The van der Waals surface area contributed by atoms with E-state index in [4.69, 9.17) is 0 Å². The first-order valence-corrected chi connectivity index (χ1v) is 8.60. The predicted octanol–water partition coefficient (Wildman–Crippen LogP) is 1.64. The molecule has 0 amide bonds. The molecule has 0 saturated heterocycles.